The van der Waals surface area contributed by atoms with Gasteiger partial charge in [0, 0.05) is 12.3 Å². The van der Waals surface area contributed by atoms with E-state index in [1.165, 1.54) is 50.5 Å². The summed E-state index contributed by atoms with van der Waals surface area (Å²) in [6.07, 6.45) is 12.7. The van der Waals surface area contributed by atoms with Crippen LogP contribution in [0.4, 0.5) is 0 Å². The van der Waals surface area contributed by atoms with Gasteiger partial charge in [0.05, 0.1) is 0 Å². The summed E-state index contributed by atoms with van der Waals surface area (Å²) < 4.78 is 0. The number of rotatable bonds is 1. The van der Waals surface area contributed by atoms with Gasteiger partial charge in [-0.05, 0) is 73.5 Å². The van der Waals surface area contributed by atoms with Gasteiger partial charge in [-0.1, -0.05) is 38.8 Å². The molecule has 0 aromatic rings. The summed E-state index contributed by atoms with van der Waals surface area (Å²) in [5.41, 5.74) is 1.91. The Kier molecular flexibility index (Phi) is 3.57. The SMILES string of the molecule is CC[C@H]1CC[C@H]2[C@H]3[C@H](CC[C@]12C)[C@@]1(C)CCCC=C1CC3(O)O. The number of hydrogen-bond donors (Lipinski definition) is 2. The molecule has 0 amide bonds. The molecule has 0 heterocycles. The van der Waals surface area contributed by atoms with Crippen molar-refractivity contribution in [3.63, 3.8) is 0 Å². The molecule has 0 saturated heterocycles. The molecule has 4 rings (SSSR count). The fourth-order valence-electron chi connectivity index (χ4n) is 7.51. The molecule has 0 aromatic heterocycles. The lowest BCUT2D eigenvalue weighted by molar-refractivity contribution is -0.270. The molecule has 130 valence electrons. The first-order chi connectivity index (χ1) is 10.8. The number of hydrogen-bond acceptors (Lipinski definition) is 2. The van der Waals surface area contributed by atoms with Gasteiger partial charge in [0.15, 0.2) is 5.79 Å². The molecule has 2 N–H and O–H groups in total. The third kappa shape index (κ3) is 2.07. The number of fused-ring (bicyclic) bond motifs is 5. The van der Waals surface area contributed by atoms with Crippen molar-refractivity contribution >= 4 is 0 Å². The van der Waals surface area contributed by atoms with Crippen LogP contribution in [0.2, 0.25) is 0 Å². The van der Waals surface area contributed by atoms with E-state index in [4.69, 9.17) is 0 Å². The van der Waals surface area contributed by atoms with E-state index in [0.717, 1.165) is 12.3 Å². The highest BCUT2D eigenvalue weighted by atomic mass is 16.5. The van der Waals surface area contributed by atoms with Crippen LogP contribution in [0.1, 0.15) is 78.6 Å². The average molecular weight is 319 g/mol. The van der Waals surface area contributed by atoms with Crippen LogP contribution in [0.15, 0.2) is 11.6 Å². The van der Waals surface area contributed by atoms with Crippen molar-refractivity contribution in [2.45, 2.75) is 84.3 Å². The highest BCUT2D eigenvalue weighted by molar-refractivity contribution is 5.26. The van der Waals surface area contributed by atoms with E-state index in [2.05, 4.69) is 26.8 Å². The lowest BCUT2D eigenvalue weighted by Gasteiger charge is -2.61. The van der Waals surface area contributed by atoms with Crippen LogP contribution in [0, 0.1) is 34.5 Å². The van der Waals surface area contributed by atoms with E-state index >= 15 is 0 Å². The molecule has 0 radical (unpaired) electrons. The summed E-state index contributed by atoms with van der Waals surface area (Å²) in [4.78, 5) is 0. The van der Waals surface area contributed by atoms with Crippen LogP contribution in [0.25, 0.3) is 0 Å². The zero-order chi connectivity index (χ0) is 16.5. The summed E-state index contributed by atoms with van der Waals surface area (Å²) in [6, 6.07) is 0. The second-order valence-electron chi connectivity index (χ2n) is 9.56. The summed E-state index contributed by atoms with van der Waals surface area (Å²) in [5, 5.41) is 22.1. The fraction of sp³-hybridized carbons (Fsp3) is 0.905. The van der Waals surface area contributed by atoms with E-state index in [0.29, 0.717) is 23.7 Å². The smallest absolute Gasteiger partial charge is 0.169 e. The summed E-state index contributed by atoms with van der Waals surface area (Å²) in [6.45, 7) is 7.21. The minimum atomic E-state index is -1.48. The Hall–Kier alpha value is -0.340. The van der Waals surface area contributed by atoms with E-state index < -0.39 is 5.79 Å². The molecule has 6 atom stereocenters. The molecule has 3 fully saturated rings. The lowest BCUT2D eigenvalue weighted by atomic mass is 9.45. The molecule has 2 heteroatoms. The van der Waals surface area contributed by atoms with Crippen LogP contribution >= 0.6 is 0 Å². The van der Waals surface area contributed by atoms with Crippen LogP contribution in [-0.2, 0) is 0 Å². The normalized spacial score (nSPS) is 51.4. The quantitative estimate of drug-likeness (QED) is 0.545. The number of aliphatic hydroxyl groups is 2. The van der Waals surface area contributed by atoms with Crippen molar-refractivity contribution in [1.82, 2.24) is 0 Å². The molecule has 0 aliphatic heterocycles. The van der Waals surface area contributed by atoms with Gasteiger partial charge in [-0.15, -0.1) is 0 Å². The molecule has 23 heavy (non-hydrogen) atoms. The van der Waals surface area contributed by atoms with Gasteiger partial charge in [-0.3, -0.25) is 0 Å². The predicted molar refractivity (Wildman–Crippen MR) is 92.7 cm³/mol. The van der Waals surface area contributed by atoms with Gasteiger partial charge >= 0.3 is 0 Å². The maximum absolute atomic E-state index is 11.1. The first-order valence-electron chi connectivity index (χ1n) is 9.97. The topological polar surface area (TPSA) is 40.5 Å². The maximum Gasteiger partial charge on any atom is 0.169 e. The second-order valence-corrected chi connectivity index (χ2v) is 9.56. The van der Waals surface area contributed by atoms with Crippen molar-refractivity contribution in [2.75, 3.05) is 0 Å². The Balaban J connectivity index is 1.76. The first-order valence-corrected chi connectivity index (χ1v) is 9.97. The van der Waals surface area contributed by atoms with Crippen molar-refractivity contribution in [3.8, 4) is 0 Å². The molecule has 3 saturated carbocycles. The number of allylic oxidation sites excluding steroid dienone is 1. The summed E-state index contributed by atoms with van der Waals surface area (Å²) in [7, 11) is 0. The molecule has 0 spiro atoms. The molecule has 0 unspecified atom stereocenters. The fourth-order valence-corrected chi connectivity index (χ4v) is 7.51. The zero-order valence-corrected chi connectivity index (χ0v) is 15.1. The van der Waals surface area contributed by atoms with E-state index in [1.807, 2.05) is 0 Å². The largest absolute Gasteiger partial charge is 0.365 e. The van der Waals surface area contributed by atoms with Gasteiger partial charge in [-0.25, -0.2) is 0 Å². The van der Waals surface area contributed by atoms with E-state index in [-0.39, 0.29) is 11.3 Å². The standard InChI is InChI=1S/C21H34O2/c1-4-14-8-9-16-18-17(10-12-20(14,16)3)19(2)11-6-5-7-15(19)13-21(18,22)23/h7,14,16-18,22-23H,4-6,8-13H2,1-3H3/t14-,16-,17-,18-,19-,20+/m0/s1. The third-order valence-electron chi connectivity index (χ3n) is 8.79. The van der Waals surface area contributed by atoms with Crippen LogP contribution in [0.5, 0.6) is 0 Å². The van der Waals surface area contributed by atoms with Gasteiger partial charge in [-0.2, -0.15) is 0 Å². The molecule has 2 nitrogen and oxygen atoms in total. The van der Waals surface area contributed by atoms with E-state index in [9.17, 15) is 10.2 Å². The third-order valence-corrected chi connectivity index (χ3v) is 8.79. The highest BCUT2D eigenvalue weighted by Crippen LogP contribution is 2.68. The summed E-state index contributed by atoms with van der Waals surface area (Å²) in [5.74, 6) is 0.342. The van der Waals surface area contributed by atoms with Crippen LogP contribution < -0.4 is 0 Å². The zero-order valence-electron chi connectivity index (χ0n) is 15.1. The van der Waals surface area contributed by atoms with Crippen molar-refractivity contribution in [1.29, 1.82) is 0 Å². The Morgan fingerprint density at radius 3 is 2.61 bits per heavy atom. The molecule has 0 bridgehead atoms. The van der Waals surface area contributed by atoms with Crippen molar-refractivity contribution in [2.24, 2.45) is 34.5 Å². The summed E-state index contributed by atoms with van der Waals surface area (Å²) >= 11 is 0. The Bertz CT molecular complexity index is 522. The maximum atomic E-state index is 11.1. The van der Waals surface area contributed by atoms with Crippen molar-refractivity contribution < 1.29 is 10.2 Å². The van der Waals surface area contributed by atoms with Gasteiger partial charge < -0.3 is 10.2 Å². The minimum absolute atomic E-state index is 0.0815. The Labute approximate surface area is 141 Å². The predicted octanol–water partition coefficient (Wildman–Crippen LogP) is 4.66. The van der Waals surface area contributed by atoms with Gasteiger partial charge in [0.1, 0.15) is 0 Å². The molecule has 4 aliphatic rings. The Morgan fingerprint density at radius 2 is 1.87 bits per heavy atom. The van der Waals surface area contributed by atoms with Crippen molar-refractivity contribution in [3.05, 3.63) is 11.6 Å². The molecule has 0 aromatic carbocycles. The molecule has 4 aliphatic carbocycles. The average Bonchev–Trinajstić information content (AvgIpc) is 2.84. The van der Waals surface area contributed by atoms with Gasteiger partial charge in [0.25, 0.3) is 0 Å². The van der Waals surface area contributed by atoms with Gasteiger partial charge in [0.2, 0.25) is 0 Å². The lowest BCUT2D eigenvalue weighted by Crippen LogP contribution is -2.60. The van der Waals surface area contributed by atoms with Crippen LogP contribution in [0.3, 0.4) is 0 Å². The van der Waals surface area contributed by atoms with E-state index in [1.54, 1.807) is 0 Å². The second kappa shape index (κ2) is 5.08. The van der Waals surface area contributed by atoms with Crippen LogP contribution in [-0.4, -0.2) is 16.0 Å². The monoisotopic (exact) mass is 318 g/mol. The first kappa shape index (κ1) is 16.1. The minimum Gasteiger partial charge on any atom is -0.365 e. The molecular weight excluding hydrogens is 284 g/mol. The molecular formula is C21H34O2. The highest BCUT2D eigenvalue weighted by Gasteiger charge is 2.64. The Morgan fingerprint density at radius 1 is 1.09 bits per heavy atom.